The molecule has 0 aliphatic rings. The number of aryl methyl sites for hydroxylation is 1. The lowest BCUT2D eigenvalue weighted by molar-refractivity contribution is 0.0945. The van der Waals surface area contributed by atoms with Crippen molar-refractivity contribution in [1.29, 1.82) is 0 Å². The Balaban J connectivity index is 2.07. The van der Waals surface area contributed by atoms with Gasteiger partial charge in [0, 0.05) is 18.3 Å². The summed E-state index contributed by atoms with van der Waals surface area (Å²) in [5.41, 5.74) is 3.44. The molecule has 0 aliphatic carbocycles. The van der Waals surface area contributed by atoms with Crippen molar-refractivity contribution in [2.75, 3.05) is 13.2 Å². The summed E-state index contributed by atoms with van der Waals surface area (Å²) in [4.78, 5) is 12.4. The van der Waals surface area contributed by atoms with Crippen LogP contribution in [0.15, 0.2) is 54.7 Å². The van der Waals surface area contributed by atoms with Crippen LogP contribution in [0.4, 0.5) is 4.39 Å². The Morgan fingerprint density at radius 3 is 2.68 bits per heavy atom. The molecule has 3 rings (SSSR count). The van der Waals surface area contributed by atoms with Crippen LogP contribution in [0.5, 0.6) is 0 Å². The van der Waals surface area contributed by atoms with E-state index in [0.29, 0.717) is 16.9 Å². The molecule has 1 aromatic heterocycles. The Morgan fingerprint density at radius 2 is 2.00 bits per heavy atom. The van der Waals surface area contributed by atoms with Crippen molar-refractivity contribution in [2.24, 2.45) is 0 Å². The van der Waals surface area contributed by atoms with E-state index in [9.17, 15) is 9.18 Å². The van der Waals surface area contributed by atoms with Crippen molar-refractivity contribution in [3.63, 3.8) is 0 Å². The second-order valence-corrected chi connectivity index (χ2v) is 5.66. The Morgan fingerprint density at radius 1 is 1.24 bits per heavy atom. The van der Waals surface area contributed by atoms with Gasteiger partial charge in [-0.3, -0.25) is 4.79 Å². The van der Waals surface area contributed by atoms with E-state index in [1.54, 1.807) is 23.0 Å². The summed E-state index contributed by atoms with van der Waals surface area (Å²) in [5, 5.41) is 16.1. The molecule has 1 heterocycles. The first-order valence-corrected chi connectivity index (χ1v) is 7.90. The zero-order chi connectivity index (χ0) is 17.8. The molecule has 0 bridgehead atoms. The molecule has 0 spiro atoms. The highest BCUT2D eigenvalue weighted by Gasteiger charge is 2.18. The Bertz CT molecular complexity index is 888. The fraction of sp³-hybridized carbons (Fsp3) is 0.158. The molecule has 5 nitrogen and oxygen atoms in total. The highest BCUT2D eigenvalue weighted by Crippen LogP contribution is 2.24. The van der Waals surface area contributed by atoms with Gasteiger partial charge in [0.15, 0.2) is 0 Å². The zero-order valence-corrected chi connectivity index (χ0v) is 13.7. The van der Waals surface area contributed by atoms with Crippen LogP contribution < -0.4 is 5.32 Å². The van der Waals surface area contributed by atoms with Crippen LogP contribution in [0, 0.1) is 12.7 Å². The van der Waals surface area contributed by atoms with Gasteiger partial charge in [0.05, 0.1) is 17.9 Å². The summed E-state index contributed by atoms with van der Waals surface area (Å²) < 4.78 is 14.7. The van der Waals surface area contributed by atoms with E-state index in [2.05, 4.69) is 10.4 Å². The van der Waals surface area contributed by atoms with Crippen LogP contribution >= 0.6 is 0 Å². The number of nitrogens with zero attached hydrogens (tertiary/aromatic N) is 2. The third-order valence-electron chi connectivity index (χ3n) is 3.74. The van der Waals surface area contributed by atoms with Crippen LogP contribution in [0.3, 0.4) is 0 Å². The van der Waals surface area contributed by atoms with E-state index in [1.807, 2.05) is 31.2 Å². The quantitative estimate of drug-likeness (QED) is 0.751. The van der Waals surface area contributed by atoms with Crippen LogP contribution in [0.1, 0.15) is 15.9 Å². The molecule has 0 aliphatic heterocycles. The molecule has 0 saturated carbocycles. The zero-order valence-electron chi connectivity index (χ0n) is 13.7. The summed E-state index contributed by atoms with van der Waals surface area (Å²) in [7, 11) is 0. The standard InChI is InChI=1S/C19H18FN3O2/c1-13-3-2-4-14(11-13)18-17(19(25)21-9-10-24)12-23(22-18)16-7-5-15(20)6-8-16/h2-8,11-12,24H,9-10H2,1H3,(H,21,25). The lowest BCUT2D eigenvalue weighted by atomic mass is 10.1. The number of halogens is 1. The normalized spacial score (nSPS) is 10.7. The topological polar surface area (TPSA) is 67.2 Å². The average molecular weight is 339 g/mol. The Kier molecular flexibility index (Phi) is 4.90. The van der Waals surface area contributed by atoms with E-state index in [1.165, 1.54) is 12.1 Å². The van der Waals surface area contributed by atoms with Gasteiger partial charge in [0.2, 0.25) is 0 Å². The van der Waals surface area contributed by atoms with E-state index in [4.69, 9.17) is 5.11 Å². The molecule has 2 aromatic carbocycles. The SMILES string of the molecule is Cc1cccc(-c2nn(-c3ccc(F)cc3)cc2C(=O)NCCO)c1. The number of nitrogens with one attached hydrogen (secondary N) is 1. The molecule has 0 radical (unpaired) electrons. The smallest absolute Gasteiger partial charge is 0.255 e. The minimum atomic E-state index is -0.337. The van der Waals surface area contributed by atoms with Gasteiger partial charge >= 0.3 is 0 Å². The van der Waals surface area contributed by atoms with Gasteiger partial charge < -0.3 is 10.4 Å². The highest BCUT2D eigenvalue weighted by atomic mass is 19.1. The van der Waals surface area contributed by atoms with Gasteiger partial charge in [-0.25, -0.2) is 9.07 Å². The third kappa shape index (κ3) is 3.75. The molecule has 0 atom stereocenters. The maximum absolute atomic E-state index is 13.1. The number of aliphatic hydroxyl groups excluding tert-OH is 1. The van der Waals surface area contributed by atoms with Crippen LogP contribution in [0.25, 0.3) is 16.9 Å². The van der Waals surface area contributed by atoms with E-state index in [-0.39, 0.29) is 24.9 Å². The molecule has 128 valence electrons. The molecule has 2 N–H and O–H groups in total. The van der Waals surface area contributed by atoms with Crippen molar-refractivity contribution in [3.05, 3.63) is 71.7 Å². The number of carbonyl (C=O) groups excluding carboxylic acids is 1. The summed E-state index contributed by atoms with van der Waals surface area (Å²) in [6.45, 7) is 1.98. The summed E-state index contributed by atoms with van der Waals surface area (Å²) >= 11 is 0. The van der Waals surface area contributed by atoms with Crippen LogP contribution in [0.2, 0.25) is 0 Å². The fourth-order valence-electron chi connectivity index (χ4n) is 2.54. The number of hydrogen-bond acceptors (Lipinski definition) is 3. The minimum Gasteiger partial charge on any atom is -0.395 e. The molecule has 1 amide bonds. The van der Waals surface area contributed by atoms with Crippen molar-refractivity contribution in [1.82, 2.24) is 15.1 Å². The van der Waals surface area contributed by atoms with Crippen molar-refractivity contribution >= 4 is 5.91 Å². The van der Waals surface area contributed by atoms with Crippen molar-refractivity contribution in [2.45, 2.75) is 6.92 Å². The molecule has 6 heteroatoms. The van der Waals surface area contributed by atoms with Gasteiger partial charge in [-0.15, -0.1) is 0 Å². The van der Waals surface area contributed by atoms with Crippen molar-refractivity contribution in [3.8, 4) is 16.9 Å². The molecule has 3 aromatic rings. The van der Waals surface area contributed by atoms with Crippen LogP contribution in [-0.4, -0.2) is 33.9 Å². The minimum absolute atomic E-state index is 0.141. The summed E-state index contributed by atoms with van der Waals surface area (Å²) in [5.74, 6) is -0.658. The number of carbonyl (C=O) groups is 1. The Hall–Kier alpha value is -2.99. The molecular formula is C19H18FN3O2. The summed E-state index contributed by atoms with van der Waals surface area (Å²) in [6, 6.07) is 13.6. The van der Waals surface area contributed by atoms with Gasteiger partial charge in [-0.1, -0.05) is 23.8 Å². The lowest BCUT2D eigenvalue weighted by Crippen LogP contribution is -2.26. The molecule has 0 unspecified atom stereocenters. The first-order chi connectivity index (χ1) is 12.1. The molecule has 25 heavy (non-hydrogen) atoms. The number of aromatic nitrogens is 2. The van der Waals surface area contributed by atoms with Gasteiger partial charge in [-0.05, 0) is 37.3 Å². The number of hydrogen-bond donors (Lipinski definition) is 2. The van der Waals surface area contributed by atoms with Crippen molar-refractivity contribution < 1.29 is 14.3 Å². The lowest BCUT2D eigenvalue weighted by Gasteiger charge is -2.04. The third-order valence-corrected chi connectivity index (χ3v) is 3.74. The Labute approximate surface area is 144 Å². The number of benzene rings is 2. The summed E-state index contributed by atoms with van der Waals surface area (Å²) in [6.07, 6.45) is 1.61. The average Bonchev–Trinajstić information content (AvgIpc) is 3.06. The van der Waals surface area contributed by atoms with Gasteiger partial charge in [0.1, 0.15) is 11.5 Å². The maximum Gasteiger partial charge on any atom is 0.255 e. The van der Waals surface area contributed by atoms with E-state index in [0.717, 1.165) is 11.1 Å². The second kappa shape index (κ2) is 7.27. The largest absolute Gasteiger partial charge is 0.395 e. The van der Waals surface area contributed by atoms with Crippen LogP contribution in [-0.2, 0) is 0 Å². The number of amides is 1. The molecule has 0 fully saturated rings. The van der Waals surface area contributed by atoms with Gasteiger partial charge in [-0.2, -0.15) is 5.10 Å². The number of aliphatic hydroxyl groups is 1. The highest BCUT2D eigenvalue weighted by molar-refractivity contribution is 6.00. The predicted molar refractivity (Wildman–Crippen MR) is 93.1 cm³/mol. The molecule has 0 saturated heterocycles. The van der Waals surface area contributed by atoms with E-state index < -0.39 is 0 Å². The second-order valence-electron chi connectivity index (χ2n) is 5.66. The maximum atomic E-state index is 13.1. The predicted octanol–water partition coefficient (Wildman–Crippen LogP) is 2.71. The molecular weight excluding hydrogens is 321 g/mol. The first kappa shape index (κ1) is 16.9. The number of rotatable bonds is 5. The van der Waals surface area contributed by atoms with E-state index >= 15 is 0 Å². The fourth-order valence-corrected chi connectivity index (χ4v) is 2.54. The first-order valence-electron chi connectivity index (χ1n) is 7.90. The monoisotopic (exact) mass is 339 g/mol. The van der Waals surface area contributed by atoms with Gasteiger partial charge in [0.25, 0.3) is 5.91 Å².